The molecule has 3 rings (SSSR count). The van der Waals surface area contributed by atoms with E-state index in [0.717, 1.165) is 47.8 Å². The van der Waals surface area contributed by atoms with Crippen molar-refractivity contribution in [3.8, 4) is 0 Å². The van der Waals surface area contributed by atoms with Crippen LogP contribution in [0.1, 0.15) is 63.9 Å². The Morgan fingerprint density at radius 3 is 2.57 bits per heavy atom. The Hall–Kier alpha value is -2.36. The van der Waals surface area contributed by atoms with Crippen LogP contribution in [0, 0.1) is 5.92 Å². The lowest BCUT2D eigenvalue weighted by Crippen LogP contribution is -2.34. The Bertz CT molecular complexity index is 772. The molecule has 1 unspecified atom stereocenters. The summed E-state index contributed by atoms with van der Waals surface area (Å²) in [6.45, 7) is 9.30. The molecule has 0 bridgehead atoms. The van der Waals surface area contributed by atoms with E-state index in [1.165, 1.54) is 24.5 Å². The highest BCUT2D eigenvalue weighted by atomic mass is 16.2. The summed E-state index contributed by atoms with van der Waals surface area (Å²) in [6, 6.07) is 8.69. The lowest BCUT2D eigenvalue weighted by Gasteiger charge is -2.25. The molecule has 0 spiro atoms. The Labute approximate surface area is 169 Å². The van der Waals surface area contributed by atoms with Crippen LogP contribution in [0.3, 0.4) is 0 Å². The maximum atomic E-state index is 12.2. The molecule has 0 radical (unpaired) electrons. The van der Waals surface area contributed by atoms with E-state index >= 15 is 0 Å². The van der Waals surface area contributed by atoms with E-state index in [2.05, 4.69) is 44.7 Å². The number of aliphatic imine (C=N–C) groups is 1. The number of rotatable bonds is 7. The standard InChI is InChI=1S/C24H33N3O/c1-4-7-22(26-20-12-10-19(11-13-20)18-8-9-18)24-17(5-2)16-27(23(28)6-3)15-14-21(24)25/h6,10-13,17-18H,3-5,7-9,14-16,25H2,1-2H3. The van der Waals surface area contributed by atoms with Crippen LogP contribution in [0.2, 0.25) is 0 Å². The lowest BCUT2D eigenvalue weighted by molar-refractivity contribution is -0.126. The molecule has 1 aliphatic carbocycles. The molecule has 0 aromatic heterocycles. The number of hydrogen-bond donors (Lipinski definition) is 1. The largest absolute Gasteiger partial charge is 0.402 e. The third-order valence-electron chi connectivity index (χ3n) is 5.83. The van der Waals surface area contributed by atoms with Gasteiger partial charge in [-0.3, -0.25) is 9.79 Å². The van der Waals surface area contributed by atoms with Gasteiger partial charge in [-0.25, -0.2) is 0 Å². The molecule has 1 aromatic carbocycles. The molecular weight excluding hydrogens is 346 g/mol. The second kappa shape index (κ2) is 9.22. The van der Waals surface area contributed by atoms with Crippen LogP contribution >= 0.6 is 0 Å². The Morgan fingerprint density at radius 2 is 2.00 bits per heavy atom. The average Bonchev–Trinajstić information content (AvgIpc) is 3.55. The number of nitrogens with zero attached hydrogens (tertiary/aromatic N) is 2. The first-order valence-corrected chi connectivity index (χ1v) is 10.6. The molecule has 0 saturated heterocycles. The first-order valence-electron chi connectivity index (χ1n) is 10.6. The summed E-state index contributed by atoms with van der Waals surface area (Å²) in [7, 11) is 0. The van der Waals surface area contributed by atoms with Crippen LogP contribution in [0.15, 0.2) is 53.2 Å². The smallest absolute Gasteiger partial charge is 0.245 e. The van der Waals surface area contributed by atoms with E-state index in [1.807, 2.05) is 4.90 Å². The third kappa shape index (κ3) is 4.73. The van der Waals surface area contributed by atoms with Crippen LogP contribution in [0.25, 0.3) is 0 Å². The summed E-state index contributed by atoms with van der Waals surface area (Å²) in [5.74, 6) is 0.950. The fourth-order valence-corrected chi connectivity index (χ4v) is 4.07. The van der Waals surface area contributed by atoms with Gasteiger partial charge in [-0.05, 0) is 60.9 Å². The van der Waals surface area contributed by atoms with Crippen LogP contribution in [-0.2, 0) is 4.79 Å². The van der Waals surface area contributed by atoms with Crippen molar-refractivity contribution in [3.05, 3.63) is 53.8 Å². The van der Waals surface area contributed by atoms with Crippen molar-refractivity contribution >= 4 is 17.3 Å². The summed E-state index contributed by atoms with van der Waals surface area (Å²) >= 11 is 0. The van der Waals surface area contributed by atoms with Gasteiger partial charge in [0, 0.05) is 36.8 Å². The molecule has 1 heterocycles. The van der Waals surface area contributed by atoms with Crippen LogP contribution in [0.5, 0.6) is 0 Å². The predicted molar refractivity (Wildman–Crippen MR) is 117 cm³/mol. The predicted octanol–water partition coefficient (Wildman–Crippen LogP) is 5.09. The molecule has 1 amide bonds. The SMILES string of the molecule is C=CC(=O)N1CCC(N)=C(C(CCC)=Nc2ccc(C3CC3)cc2)C(CC)C1. The van der Waals surface area contributed by atoms with Gasteiger partial charge in [-0.1, -0.05) is 39.0 Å². The van der Waals surface area contributed by atoms with Crippen molar-refractivity contribution in [2.24, 2.45) is 16.6 Å². The molecule has 1 saturated carbocycles. The monoisotopic (exact) mass is 379 g/mol. The zero-order valence-corrected chi connectivity index (χ0v) is 17.3. The van der Waals surface area contributed by atoms with Crippen LogP contribution < -0.4 is 5.73 Å². The molecule has 1 aliphatic heterocycles. The van der Waals surface area contributed by atoms with Gasteiger partial charge in [0.05, 0.1) is 5.69 Å². The van der Waals surface area contributed by atoms with Crippen molar-refractivity contribution in [3.63, 3.8) is 0 Å². The first kappa shape index (κ1) is 20.4. The van der Waals surface area contributed by atoms with Crippen molar-refractivity contribution < 1.29 is 4.79 Å². The van der Waals surface area contributed by atoms with E-state index in [-0.39, 0.29) is 11.8 Å². The molecule has 2 N–H and O–H groups in total. The molecule has 1 aromatic rings. The highest BCUT2D eigenvalue weighted by Gasteiger charge is 2.28. The minimum absolute atomic E-state index is 0.0165. The number of benzene rings is 1. The number of amides is 1. The minimum atomic E-state index is -0.0165. The molecule has 28 heavy (non-hydrogen) atoms. The second-order valence-corrected chi connectivity index (χ2v) is 7.96. The highest BCUT2D eigenvalue weighted by molar-refractivity contribution is 6.02. The number of carbonyl (C=O) groups is 1. The van der Waals surface area contributed by atoms with Gasteiger partial charge in [0.2, 0.25) is 5.91 Å². The minimum Gasteiger partial charge on any atom is -0.402 e. The quantitative estimate of drug-likeness (QED) is 0.530. The highest BCUT2D eigenvalue weighted by Crippen LogP contribution is 2.40. The molecule has 4 heteroatoms. The van der Waals surface area contributed by atoms with Crippen molar-refractivity contribution in [2.75, 3.05) is 13.1 Å². The second-order valence-electron chi connectivity index (χ2n) is 7.96. The fourth-order valence-electron chi connectivity index (χ4n) is 4.07. The number of nitrogens with two attached hydrogens (primary N) is 1. The number of carbonyl (C=O) groups excluding carboxylic acids is 1. The van der Waals surface area contributed by atoms with E-state index < -0.39 is 0 Å². The van der Waals surface area contributed by atoms with Gasteiger partial charge in [0.25, 0.3) is 0 Å². The van der Waals surface area contributed by atoms with E-state index in [9.17, 15) is 4.79 Å². The fraction of sp³-hybridized carbons (Fsp3) is 0.500. The van der Waals surface area contributed by atoms with Crippen molar-refractivity contribution in [1.82, 2.24) is 4.90 Å². The van der Waals surface area contributed by atoms with E-state index in [1.54, 1.807) is 0 Å². The van der Waals surface area contributed by atoms with Gasteiger partial charge < -0.3 is 10.6 Å². The van der Waals surface area contributed by atoms with Crippen LogP contribution in [-0.4, -0.2) is 29.6 Å². The Kier molecular flexibility index (Phi) is 6.71. The molecule has 1 fully saturated rings. The maximum absolute atomic E-state index is 12.2. The lowest BCUT2D eigenvalue weighted by atomic mass is 9.88. The summed E-state index contributed by atoms with van der Waals surface area (Å²) in [5, 5.41) is 0. The molecular formula is C24H33N3O. The third-order valence-corrected chi connectivity index (χ3v) is 5.83. The van der Waals surface area contributed by atoms with Gasteiger partial charge >= 0.3 is 0 Å². The topological polar surface area (TPSA) is 58.7 Å². The Morgan fingerprint density at radius 1 is 1.29 bits per heavy atom. The van der Waals surface area contributed by atoms with Crippen molar-refractivity contribution in [2.45, 2.75) is 58.3 Å². The Balaban J connectivity index is 1.91. The van der Waals surface area contributed by atoms with Gasteiger partial charge in [-0.2, -0.15) is 0 Å². The van der Waals surface area contributed by atoms with E-state index in [4.69, 9.17) is 10.7 Å². The first-order chi connectivity index (χ1) is 13.6. The molecule has 4 nitrogen and oxygen atoms in total. The average molecular weight is 380 g/mol. The number of hydrogen-bond acceptors (Lipinski definition) is 3. The van der Waals surface area contributed by atoms with Crippen molar-refractivity contribution in [1.29, 1.82) is 0 Å². The van der Waals surface area contributed by atoms with E-state index in [0.29, 0.717) is 19.5 Å². The molecule has 1 atom stereocenters. The zero-order chi connectivity index (χ0) is 20.1. The summed E-state index contributed by atoms with van der Waals surface area (Å²) in [4.78, 5) is 19.1. The summed E-state index contributed by atoms with van der Waals surface area (Å²) in [5.41, 5.74) is 12.1. The molecule has 150 valence electrons. The normalized spacial score (nSPS) is 20.9. The maximum Gasteiger partial charge on any atom is 0.245 e. The summed E-state index contributed by atoms with van der Waals surface area (Å²) in [6.07, 6.45) is 7.55. The van der Waals surface area contributed by atoms with Crippen LogP contribution in [0.4, 0.5) is 5.69 Å². The molecule has 2 aliphatic rings. The zero-order valence-electron chi connectivity index (χ0n) is 17.3. The van der Waals surface area contributed by atoms with Gasteiger partial charge in [0.15, 0.2) is 0 Å². The summed E-state index contributed by atoms with van der Waals surface area (Å²) < 4.78 is 0. The van der Waals surface area contributed by atoms with Gasteiger partial charge in [0.1, 0.15) is 0 Å². The van der Waals surface area contributed by atoms with Gasteiger partial charge in [-0.15, -0.1) is 0 Å².